The van der Waals surface area contributed by atoms with E-state index in [1.54, 1.807) is 0 Å². The Labute approximate surface area is 112 Å². The van der Waals surface area contributed by atoms with Gasteiger partial charge in [0.25, 0.3) is 0 Å². The molecule has 1 aliphatic carbocycles. The molecule has 0 aromatic rings. The van der Waals surface area contributed by atoms with Crippen LogP contribution in [0.4, 0.5) is 0 Å². The van der Waals surface area contributed by atoms with Crippen molar-refractivity contribution in [2.45, 2.75) is 69.6 Å². The average molecular weight is 254 g/mol. The van der Waals surface area contributed by atoms with Crippen LogP contribution in [0, 0.1) is 0 Å². The molecule has 0 aromatic heterocycles. The van der Waals surface area contributed by atoms with E-state index < -0.39 is 0 Å². The summed E-state index contributed by atoms with van der Waals surface area (Å²) in [6.07, 6.45) is 9.50. The summed E-state index contributed by atoms with van der Waals surface area (Å²) in [4.78, 5) is 2.45. The van der Waals surface area contributed by atoms with E-state index >= 15 is 0 Å². The molecule has 0 amide bonds. The lowest BCUT2D eigenvalue weighted by molar-refractivity contribution is -0.00275. The summed E-state index contributed by atoms with van der Waals surface area (Å²) < 4.78 is 5.75. The van der Waals surface area contributed by atoms with E-state index in [9.17, 15) is 0 Å². The minimum absolute atomic E-state index is 0.417. The monoisotopic (exact) mass is 254 g/mol. The van der Waals surface area contributed by atoms with E-state index in [1.165, 1.54) is 38.5 Å². The summed E-state index contributed by atoms with van der Waals surface area (Å²) in [6, 6.07) is 0.668. The number of rotatable bonds is 5. The summed E-state index contributed by atoms with van der Waals surface area (Å²) in [7, 11) is 4.48. The van der Waals surface area contributed by atoms with E-state index in [-0.39, 0.29) is 0 Å². The highest BCUT2D eigenvalue weighted by molar-refractivity contribution is 4.95. The molecule has 1 saturated carbocycles. The molecule has 2 atom stereocenters. The summed E-state index contributed by atoms with van der Waals surface area (Å²) in [5.41, 5.74) is 0.417. The summed E-state index contributed by atoms with van der Waals surface area (Å²) in [5.74, 6) is 0. The molecule has 1 heterocycles. The van der Waals surface area contributed by atoms with Crippen LogP contribution < -0.4 is 5.32 Å². The van der Waals surface area contributed by atoms with Crippen LogP contribution >= 0.6 is 0 Å². The van der Waals surface area contributed by atoms with Crippen molar-refractivity contribution in [2.24, 2.45) is 0 Å². The van der Waals surface area contributed by atoms with Gasteiger partial charge in [-0.2, -0.15) is 0 Å². The number of nitrogens with zero attached hydrogens (tertiary/aromatic N) is 1. The molecular weight excluding hydrogens is 224 g/mol. The predicted molar refractivity (Wildman–Crippen MR) is 75.9 cm³/mol. The first kappa shape index (κ1) is 14.3. The van der Waals surface area contributed by atoms with Crippen LogP contribution in [-0.2, 0) is 4.74 Å². The average Bonchev–Trinajstić information content (AvgIpc) is 2.87. The van der Waals surface area contributed by atoms with Gasteiger partial charge < -0.3 is 15.0 Å². The van der Waals surface area contributed by atoms with Gasteiger partial charge in [-0.15, -0.1) is 0 Å². The molecule has 18 heavy (non-hydrogen) atoms. The quantitative estimate of drug-likeness (QED) is 0.815. The van der Waals surface area contributed by atoms with Gasteiger partial charge in [-0.1, -0.05) is 19.8 Å². The lowest BCUT2D eigenvalue weighted by Gasteiger charge is -2.39. The lowest BCUT2D eigenvalue weighted by atomic mass is 9.94. The molecule has 0 radical (unpaired) electrons. The molecule has 106 valence electrons. The number of hydrogen-bond donors (Lipinski definition) is 1. The molecule has 2 fully saturated rings. The molecule has 1 aliphatic heterocycles. The maximum atomic E-state index is 5.75. The first-order valence-electron chi connectivity index (χ1n) is 7.69. The fourth-order valence-corrected chi connectivity index (χ4v) is 3.50. The third-order valence-corrected chi connectivity index (χ3v) is 5.03. The molecule has 1 saturated heterocycles. The molecule has 0 aromatic carbocycles. The molecule has 2 rings (SSSR count). The van der Waals surface area contributed by atoms with Gasteiger partial charge in [-0.25, -0.2) is 0 Å². The standard InChI is InChI=1S/C15H30N2O/c1-4-14-11-13(7-10-18-14)16-12-15(17(2)3)8-5-6-9-15/h13-14,16H,4-12H2,1-3H3. The predicted octanol–water partition coefficient (Wildman–Crippen LogP) is 2.41. The zero-order chi connectivity index (χ0) is 13.0. The maximum absolute atomic E-state index is 5.75. The molecule has 0 bridgehead atoms. The van der Waals surface area contributed by atoms with Gasteiger partial charge in [0.05, 0.1) is 6.10 Å². The molecule has 3 nitrogen and oxygen atoms in total. The minimum Gasteiger partial charge on any atom is -0.378 e. The number of nitrogens with one attached hydrogen (secondary N) is 1. The van der Waals surface area contributed by atoms with E-state index in [0.29, 0.717) is 17.7 Å². The third kappa shape index (κ3) is 3.25. The Morgan fingerprint density at radius 1 is 1.28 bits per heavy atom. The van der Waals surface area contributed by atoms with Crippen LogP contribution in [-0.4, -0.2) is 49.8 Å². The first-order valence-corrected chi connectivity index (χ1v) is 7.69. The van der Waals surface area contributed by atoms with Crippen LogP contribution in [0.25, 0.3) is 0 Å². The van der Waals surface area contributed by atoms with Crippen LogP contribution in [0.3, 0.4) is 0 Å². The topological polar surface area (TPSA) is 24.5 Å². The zero-order valence-corrected chi connectivity index (χ0v) is 12.4. The molecular formula is C15H30N2O. The second-order valence-electron chi connectivity index (χ2n) is 6.33. The Balaban J connectivity index is 1.82. The van der Waals surface area contributed by atoms with Gasteiger partial charge in [0, 0.05) is 24.7 Å². The summed E-state index contributed by atoms with van der Waals surface area (Å²) in [6.45, 7) is 4.32. The Bertz CT molecular complexity index is 249. The lowest BCUT2D eigenvalue weighted by Crippen LogP contribution is -2.52. The minimum atomic E-state index is 0.417. The van der Waals surface area contributed by atoms with Crippen molar-refractivity contribution in [2.75, 3.05) is 27.2 Å². The van der Waals surface area contributed by atoms with Gasteiger partial charge in [-0.05, 0) is 46.2 Å². The Kier molecular flexibility index (Phi) is 5.05. The Morgan fingerprint density at radius 2 is 2.00 bits per heavy atom. The second-order valence-corrected chi connectivity index (χ2v) is 6.33. The van der Waals surface area contributed by atoms with Crippen molar-refractivity contribution < 1.29 is 4.74 Å². The fraction of sp³-hybridized carbons (Fsp3) is 1.00. The van der Waals surface area contributed by atoms with Gasteiger partial charge in [0.2, 0.25) is 0 Å². The highest BCUT2D eigenvalue weighted by atomic mass is 16.5. The maximum Gasteiger partial charge on any atom is 0.0587 e. The summed E-state index contributed by atoms with van der Waals surface area (Å²) >= 11 is 0. The Morgan fingerprint density at radius 3 is 2.61 bits per heavy atom. The van der Waals surface area contributed by atoms with Crippen LogP contribution in [0.15, 0.2) is 0 Å². The molecule has 1 N–H and O–H groups in total. The number of ether oxygens (including phenoxy) is 1. The van der Waals surface area contributed by atoms with E-state index in [4.69, 9.17) is 4.74 Å². The number of hydrogen-bond acceptors (Lipinski definition) is 3. The van der Waals surface area contributed by atoms with Crippen molar-refractivity contribution in [1.29, 1.82) is 0 Å². The van der Waals surface area contributed by atoms with Gasteiger partial charge in [0.1, 0.15) is 0 Å². The molecule has 3 heteroatoms. The van der Waals surface area contributed by atoms with Crippen molar-refractivity contribution in [3.05, 3.63) is 0 Å². The van der Waals surface area contributed by atoms with Crippen molar-refractivity contribution in [3.8, 4) is 0 Å². The highest BCUT2D eigenvalue weighted by Gasteiger charge is 2.36. The molecule has 2 aliphatic rings. The molecule has 0 spiro atoms. The summed E-state index contributed by atoms with van der Waals surface area (Å²) in [5, 5.41) is 3.83. The third-order valence-electron chi connectivity index (χ3n) is 5.03. The van der Waals surface area contributed by atoms with Crippen LogP contribution in [0.2, 0.25) is 0 Å². The van der Waals surface area contributed by atoms with Crippen molar-refractivity contribution >= 4 is 0 Å². The highest BCUT2D eigenvalue weighted by Crippen LogP contribution is 2.33. The van der Waals surface area contributed by atoms with Gasteiger partial charge >= 0.3 is 0 Å². The SMILES string of the molecule is CCC1CC(NCC2(N(C)C)CCCC2)CCO1. The van der Waals surface area contributed by atoms with E-state index in [0.717, 1.165) is 19.6 Å². The largest absolute Gasteiger partial charge is 0.378 e. The van der Waals surface area contributed by atoms with Crippen molar-refractivity contribution in [1.82, 2.24) is 10.2 Å². The van der Waals surface area contributed by atoms with E-state index in [1.807, 2.05) is 0 Å². The van der Waals surface area contributed by atoms with Gasteiger partial charge in [0.15, 0.2) is 0 Å². The fourth-order valence-electron chi connectivity index (χ4n) is 3.50. The first-order chi connectivity index (χ1) is 8.66. The van der Waals surface area contributed by atoms with E-state index in [2.05, 4.69) is 31.2 Å². The smallest absolute Gasteiger partial charge is 0.0587 e. The second kappa shape index (κ2) is 6.36. The number of likely N-dealkylation sites (N-methyl/N-ethyl adjacent to an activating group) is 1. The van der Waals surface area contributed by atoms with Crippen molar-refractivity contribution in [3.63, 3.8) is 0 Å². The normalized spacial score (nSPS) is 32.0. The zero-order valence-electron chi connectivity index (χ0n) is 12.4. The van der Waals surface area contributed by atoms with Gasteiger partial charge in [-0.3, -0.25) is 0 Å². The van der Waals surface area contributed by atoms with Crippen LogP contribution in [0.1, 0.15) is 51.9 Å². The molecule has 2 unspecified atom stereocenters. The Hall–Kier alpha value is -0.120. The van der Waals surface area contributed by atoms with Crippen LogP contribution in [0.5, 0.6) is 0 Å².